The van der Waals surface area contributed by atoms with Crippen LogP contribution in [0.3, 0.4) is 0 Å². The van der Waals surface area contributed by atoms with Gasteiger partial charge >= 0.3 is 0 Å². The van der Waals surface area contributed by atoms with Gasteiger partial charge in [0.15, 0.2) is 0 Å². The van der Waals surface area contributed by atoms with Crippen LogP contribution in [0.4, 0.5) is 0 Å². The highest BCUT2D eigenvalue weighted by Crippen LogP contribution is 2.30. The fourth-order valence-electron chi connectivity index (χ4n) is 2.30. The zero-order valence-corrected chi connectivity index (χ0v) is 10.0. The molecule has 2 unspecified atom stereocenters. The van der Waals surface area contributed by atoms with E-state index in [1.807, 2.05) is 5.38 Å². The van der Waals surface area contributed by atoms with Crippen molar-refractivity contribution in [1.29, 1.82) is 0 Å². The van der Waals surface area contributed by atoms with E-state index in [-0.39, 0.29) is 11.8 Å². The molecule has 16 heavy (non-hydrogen) atoms. The lowest BCUT2D eigenvalue weighted by Crippen LogP contribution is -2.34. The van der Waals surface area contributed by atoms with Crippen molar-refractivity contribution in [1.82, 2.24) is 10.3 Å². The maximum Gasteiger partial charge on any atom is 0.223 e. The van der Waals surface area contributed by atoms with Gasteiger partial charge in [-0.15, -0.1) is 11.3 Å². The Hall–Kier alpha value is -0.940. The lowest BCUT2D eigenvalue weighted by atomic mass is 9.95. The van der Waals surface area contributed by atoms with E-state index in [0.717, 1.165) is 24.3 Å². The average Bonchev–Trinajstić information content (AvgIpc) is 2.96. The van der Waals surface area contributed by atoms with Crippen LogP contribution in [-0.2, 0) is 11.3 Å². The molecule has 0 aliphatic heterocycles. The van der Waals surface area contributed by atoms with E-state index >= 15 is 0 Å². The predicted molar refractivity (Wildman–Crippen MR) is 63.8 cm³/mol. The third-order valence-corrected chi connectivity index (χ3v) is 3.98. The lowest BCUT2D eigenvalue weighted by molar-refractivity contribution is -0.126. The van der Waals surface area contributed by atoms with Crippen molar-refractivity contribution in [3.8, 4) is 0 Å². The second-order valence-corrected chi connectivity index (χ2v) is 5.16. The van der Waals surface area contributed by atoms with Gasteiger partial charge in [0.05, 0.1) is 6.54 Å². The second-order valence-electron chi connectivity index (χ2n) is 4.18. The number of thiazole rings is 1. The number of aromatic nitrogens is 1. The van der Waals surface area contributed by atoms with Crippen LogP contribution in [-0.4, -0.2) is 17.4 Å². The smallest absolute Gasteiger partial charge is 0.223 e. The number of hydrogen-bond acceptors (Lipinski definition) is 4. The van der Waals surface area contributed by atoms with Crippen LogP contribution < -0.4 is 11.1 Å². The molecule has 0 radical (unpaired) electrons. The SMILES string of the molecule is NCC1CCCC1C(=O)NCc1nccs1. The number of hydrogen-bond donors (Lipinski definition) is 2. The summed E-state index contributed by atoms with van der Waals surface area (Å²) in [6.07, 6.45) is 4.94. The van der Waals surface area contributed by atoms with Crippen molar-refractivity contribution < 1.29 is 4.79 Å². The monoisotopic (exact) mass is 239 g/mol. The van der Waals surface area contributed by atoms with Gasteiger partial charge in [-0.1, -0.05) is 6.42 Å². The molecule has 1 aromatic rings. The van der Waals surface area contributed by atoms with Gasteiger partial charge in [0.25, 0.3) is 0 Å². The maximum atomic E-state index is 11.9. The molecule has 1 amide bonds. The Bertz CT molecular complexity index is 339. The van der Waals surface area contributed by atoms with Gasteiger partial charge in [-0.05, 0) is 25.3 Å². The molecule has 0 spiro atoms. The first-order valence-electron chi connectivity index (χ1n) is 5.67. The third kappa shape index (κ3) is 2.59. The minimum atomic E-state index is 0.116. The molecule has 0 saturated heterocycles. The highest BCUT2D eigenvalue weighted by Gasteiger charge is 2.31. The number of nitrogens with one attached hydrogen (secondary N) is 1. The van der Waals surface area contributed by atoms with Gasteiger partial charge in [-0.2, -0.15) is 0 Å². The fourth-order valence-corrected chi connectivity index (χ4v) is 2.85. The van der Waals surface area contributed by atoms with Crippen LogP contribution in [0.25, 0.3) is 0 Å². The van der Waals surface area contributed by atoms with E-state index in [0.29, 0.717) is 19.0 Å². The number of rotatable bonds is 4. The van der Waals surface area contributed by atoms with Gasteiger partial charge in [0, 0.05) is 17.5 Å². The zero-order valence-electron chi connectivity index (χ0n) is 9.19. The van der Waals surface area contributed by atoms with Crippen LogP contribution in [0.1, 0.15) is 24.3 Å². The Morgan fingerprint density at radius 3 is 3.19 bits per heavy atom. The van der Waals surface area contributed by atoms with E-state index in [9.17, 15) is 4.79 Å². The van der Waals surface area contributed by atoms with Gasteiger partial charge < -0.3 is 11.1 Å². The number of nitrogens with zero attached hydrogens (tertiary/aromatic N) is 1. The minimum Gasteiger partial charge on any atom is -0.349 e. The van der Waals surface area contributed by atoms with Crippen molar-refractivity contribution in [3.05, 3.63) is 16.6 Å². The molecule has 0 bridgehead atoms. The van der Waals surface area contributed by atoms with Gasteiger partial charge in [0.2, 0.25) is 5.91 Å². The standard InChI is InChI=1S/C11H17N3OS/c12-6-8-2-1-3-9(8)11(15)14-7-10-13-4-5-16-10/h4-5,8-9H,1-3,6-7,12H2,(H,14,15). The third-order valence-electron chi connectivity index (χ3n) is 3.20. The molecule has 1 aliphatic carbocycles. The Kier molecular flexibility index (Phi) is 3.90. The summed E-state index contributed by atoms with van der Waals surface area (Å²) in [6, 6.07) is 0. The van der Waals surface area contributed by atoms with Crippen LogP contribution in [0.15, 0.2) is 11.6 Å². The largest absolute Gasteiger partial charge is 0.349 e. The first-order chi connectivity index (χ1) is 7.81. The highest BCUT2D eigenvalue weighted by atomic mass is 32.1. The Labute approximate surface area is 99.3 Å². The van der Waals surface area contributed by atoms with Crippen molar-refractivity contribution in [2.24, 2.45) is 17.6 Å². The van der Waals surface area contributed by atoms with Crippen molar-refractivity contribution in [3.63, 3.8) is 0 Å². The first kappa shape index (κ1) is 11.5. The zero-order chi connectivity index (χ0) is 11.4. The Morgan fingerprint density at radius 2 is 2.50 bits per heavy atom. The quantitative estimate of drug-likeness (QED) is 0.827. The average molecular weight is 239 g/mol. The van der Waals surface area contributed by atoms with Crippen molar-refractivity contribution >= 4 is 17.2 Å². The van der Waals surface area contributed by atoms with E-state index in [4.69, 9.17) is 5.73 Å². The molecule has 1 saturated carbocycles. The molecule has 1 heterocycles. The molecular formula is C11H17N3OS. The summed E-state index contributed by atoms with van der Waals surface area (Å²) in [5.74, 6) is 0.629. The molecule has 4 nitrogen and oxygen atoms in total. The van der Waals surface area contributed by atoms with E-state index in [1.165, 1.54) is 0 Å². The summed E-state index contributed by atoms with van der Waals surface area (Å²) in [5.41, 5.74) is 5.66. The summed E-state index contributed by atoms with van der Waals surface area (Å²) in [7, 11) is 0. The molecule has 1 aliphatic rings. The van der Waals surface area contributed by atoms with Crippen LogP contribution >= 0.6 is 11.3 Å². The van der Waals surface area contributed by atoms with Crippen LogP contribution in [0.2, 0.25) is 0 Å². The lowest BCUT2D eigenvalue weighted by Gasteiger charge is -2.16. The van der Waals surface area contributed by atoms with Crippen LogP contribution in [0, 0.1) is 11.8 Å². The fraction of sp³-hybridized carbons (Fsp3) is 0.636. The molecule has 1 fully saturated rings. The maximum absolute atomic E-state index is 11.9. The number of carbonyl (C=O) groups excluding carboxylic acids is 1. The number of carbonyl (C=O) groups is 1. The Balaban J connectivity index is 1.83. The summed E-state index contributed by atoms with van der Waals surface area (Å²) in [5, 5.41) is 5.82. The summed E-state index contributed by atoms with van der Waals surface area (Å²) < 4.78 is 0. The minimum absolute atomic E-state index is 0.116. The first-order valence-corrected chi connectivity index (χ1v) is 6.55. The van der Waals surface area contributed by atoms with Gasteiger partial charge in [-0.25, -0.2) is 4.98 Å². The second kappa shape index (κ2) is 5.41. The molecule has 3 N–H and O–H groups in total. The summed E-state index contributed by atoms with van der Waals surface area (Å²) in [4.78, 5) is 16.1. The van der Waals surface area contributed by atoms with Crippen LogP contribution in [0.5, 0.6) is 0 Å². The van der Waals surface area contributed by atoms with E-state index < -0.39 is 0 Å². The summed E-state index contributed by atoms with van der Waals surface area (Å²) >= 11 is 1.56. The predicted octanol–water partition coefficient (Wildman–Crippen LogP) is 1.13. The van der Waals surface area contributed by atoms with E-state index in [2.05, 4.69) is 10.3 Å². The topological polar surface area (TPSA) is 68.0 Å². The number of amides is 1. The molecule has 1 aromatic heterocycles. The molecule has 2 atom stereocenters. The van der Waals surface area contributed by atoms with Gasteiger partial charge in [-0.3, -0.25) is 4.79 Å². The number of nitrogens with two attached hydrogens (primary N) is 1. The molecule has 88 valence electrons. The van der Waals surface area contributed by atoms with Crippen molar-refractivity contribution in [2.45, 2.75) is 25.8 Å². The molecule has 5 heteroatoms. The molecular weight excluding hydrogens is 222 g/mol. The summed E-state index contributed by atoms with van der Waals surface area (Å²) in [6.45, 7) is 1.17. The van der Waals surface area contributed by atoms with Crippen molar-refractivity contribution in [2.75, 3.05) is 6.54 Å². The Morgan fingerprint density at radius 1 is 1.62 bits per heavy atom. The van der Waals surface area contributed by atoms with E-state index in [1.54, 1.807) is 17.5 Å². The highest BCUT2D eigenvalue weighted by molar-refractivity contribution is 7.09. The van der Waals surface area contributed by atoms with Gasteiger partial charge in [0.1, 0.15) is 5.01 Å². The normalized spacial score (nSPS) is 24.6. The molecule has 0 aromatic carbocycles. The molecule has 2 rings (SSSR count).